The number of carboxylic acids is 1. The number of aliphatic hydroxyl groups is 1. The fourth-order valence-electron chi connectivity index (χ4n) is 1.24. The quantitative estimate of drug-likeness (QED) is 0.658. The molecule has 1 atom stereocenters. The first kappa shape index (κ1) is 15.4. The second-order valence-electron chi connectivity index (χ2n) is 3.94. The molecule has 0 radical (unpaired) electrons. The zero-order valence-electron chi connectivity index (χ0n) is 10.3. The van der Waals surface area contributed by atoms with Crippen LogP contribution in [-0.2, 0) is 14.8 Å². The van der Waals surface area contributed by atoms with Crippen LogP contribution in [0.15, 0.2) is 35.2 Å². The molecule has 6 nitrogen and oxygen atoms in total. The van der Waals surface area contributed by atoms with Crippen molar-refractivity contribution < 1.29 is 23.4 Å². The van der Waals surface area contributed by atoms with Gasteiger partial charge in [-0.15, -0.1) is 0 Å². The van der Waals surface area contributed by atoms with Gasteiger partial charge in [0, 0.05) is 12.6 Å². The van der Waals surface area contributed by atoms with Crippen molar-refractivity contribution in [3.63, 3.8) is 0 Å². The van der Waals surface area contributed by atoms with Crippen LogP contribution in [0.3, 0.4) is 0 Å². The molecule has 3 N–H and O–H groups in total. The highest BCUT2D eigenvalue weighted by Crippen LogP contribution is 2.11. The maximum Gasteiger partial charge on any atom is 0.328 e. The van der Waals surface area contributed by atoms with Crippen molar-refractivity contribution in [3.8, 4) is 0 Å². The van der Waals surface area contributed by atoms with Crippen LogP contribution in [0, 0.1) is 0 Å². The Morgan fingerprint density at radius 2 is 1.95 bits per heavy atom. The molecule has 0 heterocycles. The van der Waals surface area contributed by atoms with Crippen LogP contribution in [0.4, 0.5) is 0 Å². The van der Waals surface area contributed by atoms with Gasteiger partial charge in [-0.3, -0.25) is 0 Å². The van der Waals surface area contributed by atoms with E-state index in [1.165, 1.54) is 37.3 Å². The summed E-state index contributed by atoms with van der Waals surface area (Å²) in [4.78, 5) is 10.4. The largest absolute Gasteiger partial charge is 0.478 e. The van der Waals surface area contributed by atoms with Crippen LogP contribution in [0.5, 0.6) is 0 Å². The molecule has 0 bridgehead atoms. The van der Waals surface area contributed by atoms with Crippen molar-refractivity contribution in [2.45, 2.75) is 17.9 Å². The Hall–Kier alpha value is -1.70. The van der Waals surface area contributed by atoms with Crippen LogP contribution >= 0.6 is 0 Å². The molecule has 0 aromatic heterocycles. The first-order valence-corrected chi connectivity index (χ1v) is 6.98. The number of nitrogens with one attached hydrogen (secondary N) is 1. The summed E-state index contributed by atoms with van der Waals surface area (Å²) in [5, 5.41) is 17.5. The lowest BCUT2D eigenvalue weighted by atomic mass is 10.2. The molecule has 0 saturated heterocycles. The number of hydrogen-bond acceptors (Lipinski definition) is 4. The van der Waals surface area contributed by atoms with Gasteiger partial charge in [0.1, 0.15) is 0 Å². The van der Waals surface area contributed by atoms with Gasteiger partial charge < -0.3 is 10.2 Å². The molecule has 0 saturated carbocycles. The molecule has 1 rings (SSSR count). The van der Waals surface area contributed by atoms with Gasteiger partial charge in [0.15, 0.2) is 0 Å². The molecular weight excluding hydrogens is 270 g/mol. The Morgan fingerprint density at radius 1 is 1.37 bits per heavy atom. The van der Waals surface area contributed by atoms with Gasteiger partial charge in [0.05, 0.1) is 11.0 Å². The number of aliphatic hydroxyl groups excluding tert-OH is 1. The molecule has 0 aliphatic carbocycles. The SMILES string of the molecule is C[C@H](O)CNS(=O)(=O)c1ccc(/C=C/C(=O)O)cc1. The van der Waals surface area contributed by atoms with Crippen LogP contribution in [0.2, 0.25) is 0 Å². The Kier molecular flexibility index (Phi) is 5.22. The summed E-state index contributed by atoms with van der Waals surface area (Å²) in [7, 11) is -3.65. The van der Waals surface area contributed by atoms with Gasteiger partial charge in [-0.05, 0) is 30.7 Å². The smallest absolute Gasteiger partial charge is 0.328 e. The normalized spacial score (nSPS) is 13.6. The van der Waals surface area contributed by atoms with E-state index in [2.05, 4.69) is 4.72 Å². The molecule has 0 amide bonds. The fraction of sp³-hybridized carbons (Fsp3) is 0.250. The number of carboxylic acid groups (broad SMARTS) is 1. The van der Waals surface area contributed by atoms with E-state index in [-0.39, 0.29) is 11.4 Å². The molecule has 104 valence electrons. The van der Waals surface area contributed by atoms with Gasteiger partial charge in [-0.25, -0.2) is 17.9 Å². The minimum atomic E-state index is -3.65. The molecule has 19 heavy (non-hydrogen) atoms. The number of benzene rings is 1. The van der Waals surface area contributed by atoms with Gasteiger partial charge in [0.2, 0.25) is 10.0 Å². The van der Waals surface area contributed by atoms with E-state index in [9.17, 15) is 13.2 Å². The zero-order chi connectivity index (χ0) is 14.5. The zero-order valence-corrected chi connectivity index (χ0v) is 11.1. The molecule has 0 spiro atoms. The van der Waals surface area contributed by atoms with Crippen molar-refractivity contribution in [1.82, 2.24) is 4.72 Å². The van der Waals surface area contributed by atoms with Gasteiger partial charge >= 0.3 is 5.97 Å². The number of rotatable bonds is 6. The molecule has 1 aromatic rings. The summed E-state index contributed by atoms with van der Waals surface area (Å²) in [6.45, 7) is 1.41. The monoisotopic (exact) mass is 285 g/mol. The highest BCUT2D eigenvalue weighted by molar-refractivity contribution is 7.89. The fourth-order valence-corrected chi connectivity index (χ4v) is 2.36. The highest BCUT2D eigenvalue weighted by Gasteiger charge is 2.13. The summed E-state index contributed by atoms with van der Waals surface area (Å²) < 4.78 is 25.8. The predicted molar refractivity (Wildman–Crippen MR) is 70.0 cm³/mol. The predicted octanol–water partition coefficient (Wildman–Crippen LogP) is 0.443. The lowest BCUT2D eigenvalue weighted by molar-refractivity contribution is -0.131. The average Bonchev–Trinajstić information content (AvgIpc) is 2.34. The molecular formula is C12H15NO5S. The number of carbonyl (C=O) groups is 1. The maximum absolute atomic E-state index is 11.8. The van der Waals surface area contributed by atoms with E-state index in [0.717, 1.165) is 6.08 Å². The second kappa shape index (κ2) is 6.46. The number of aliphatic carboxylic acids is 1. The highest BCUT2D eigenvalue weighted by atomic mass is 32.2. The topological polar surface area (TPSA) is 104 Å². The summed E-state index contributed by atoms with van der Waals surface area (Å²) in [6.07, 6.45) is 1.56. The molecule has 0 fully saturated rings. The van der Waals surface area contributed by atoms with Crippen LogP contribution < -0.4 is 4.72 Å². The van der Waals surface area contributed by atoms with E-state index in [1.807, 2.05) is 0 Å². The van der Waals surface area contributed by atoms with Gasteiger partial charge in [-0.1, -0.05) is 12.1 Å². The first-order chi connectivity index (χ1) is 8.81. The third-order valence-corrected chi connectivity index (χ3v) is 3.62. The van der Waals surface area contributed by atoms with Crippen LogP contribution in [0.1, 0.15) is 12.5 Å². The third-order valence-electron chi connectivity index (χ3n) is 2.18. The first-order valence-electron chi connectivity index (χ1n) is 5.50. The van der Waals surface area contributed by atoms with Gasteiger partial charge in [-0.2, -0.15) is 0 Å². The maximum atomic E-state index is 11.8. The third kappa shape index (κ3) is 5.21. The second-order valence-corrected chi connectivity index (χ2v) is 5.71. The van der Waals surface area contributed by atoms with E-state index in [4.69, 9.17) is 10.2 Å². The van der Waals surface area contributed by atoms with E-state index >= 15 is 0 Å². The van der Waals surface area contributed by atoms with Crippen molar-refractivity contribution in [2.75, 3.05) is 6.54 Å². The lowest BCUT2D eigenvalue weighted by Crippen LogP contribution is -2.30. The van der Waals surface area contributed by atoms with Gasteiger partial charge in [0.25, 0.3) is 0 Å². The Bertz CT molecular complexity index is 560. The van der Waals surface area contributed by atoms with Crippen molar-refractivity contribution >= 4 is 22.1 Å². The average molecular weight is 285 g/mol. The van der Waals surface area contributed by atoms with Crippen LogP contribution in [0.25, 0.3) is 6.08 Å². The summed E-state index contributed by atoms with van der Waals surface area (Å²) >= 11 is 0. The van der Waals surface area contributed by atoms with Crippen molar-refractivity contribution in [2.24, 2.45) is 0 Å². The standard InChI is InChI=1S/C12H15NO5S/c1-9(14)8-13-19(17,18)11-5-2-10(3-6-11)4-7-12(15)16/h2-7,9,13-14H,8H2,1H3,(H,15,16)/b7-4+/t9-/m0/s1. The molecule has 0 unspecified atom stereocenters. The molecule has 1 aromatic carbocycles. The molecule has 7 heteroatoms. The van der Waals surface area contributed by atoms with E-state index < -0.39 is 22.1 Å². The molecule has 0 aliphatic heterocycles. The number of hydrogen-bond donors (Lipinski definition) is 3. The molecule has 0 aliphatic rings. The van der Waals surface area contributed by atoms with Crippen molar-refractivity contribution in [3.05, 3.63) is 35.9 Å². The van der Waals surface area contributed by atoms with E-state index in [1.54, 1.807) is 0 Å². The Balaban J connectivity index is 2.83. The summed E-state index contributed by atoms with van der Waals surface area (Å²) in [6, 6.07) is 5.73. The minimum Gasteiger partial charge on any atom is -0.478 e. The lowest BCUT2D eigenvalue weighted by Gasteiger charge is -2.08. The Morgan fingerprint density at radius 3 is 2.42 bits per heavy atom. The number of sulfonamides is 1. The minimum absolute atomic E-state index is 0.0561. The summed E-state index contributed by atoms with van der Waals surface area (Å²) in [5.74, 6) is -1.07. The van der Waals surface area contributed by atoms with Crippen LogP contribution in [-0.4, -0.2) is 37.2 Å². The van der Waals surface area contributed by atoms with Crippen molar-refractivity contribution in [1.29, 1.82) is 0 Å². The Labute approximate surface area is 111 Å². The van der Waals surface area contributed by atoms with E-state index in [0.29, 0.717) is 5.56 Å². The summed E-state index contributed by atoms with van der Waals surface area (Å²) in [5.41, 5.74) is 0.580.